The van der Waals surface area contributed by atoms with Gasteiger partial charge in [0.05, 0.1) is 0 Å². The average Bonchev–Trinajstić information content (AvgIpc) is 2.17. The van der Waals surface area contributed by atoms with Gasteiger partial charge in [-0.1, -0.05) is 0 Å². The number of alkyl halides is 2. The summed E-state index contributed by atoms with van der Waals surface area (Å²) in [6.45, 7) is 3.53. The summed E-state index contributed by atoms with van der Waals surface area (Å²) in [5.74, 6) is 2.51. The van der Waals surface area contributed by atoms with E-state index in [-0.39, 0.29) is 12.4 Å². The summed E-state index contributed by atoms with van der Waals surface area (Å²) >= 11 is 11.4. The lowest BCUT2D eigenvalue weighted by Crippen LogP contribution is -2.34. The minimum atomic E-state index is 0. The number of hydrogen-bond acceptors (Lipinski definition) is 1. The standard InChI is InChI=1S/C10H19Cl2N.ClH/c11-5-1-2-10-3-7-13(8-4-10)9-6-12;/h10H,1-9H2;1H. The zero-order chi connectivity index (χ0) is 9.52. The minimum absolute atomic E-state index is 0. The highest BCUT2D eigenvalue weighted by molar-refractivity contribution is 6.18. The van der Waals surface area contributed by atoms with Gasteiger partial charge < -0.3 is 4.90 Å². The monoisotopic (exact) mass is 259 g/mol. The Balaban J connectivity index is 0.00000169. The molecule has 0 amide bonds. The molecule has 0 aliphatic carbocycles. The fourth-order valence-electron chi connectivity index (χ4n) is 1.98. The molecule has 0 bridgehead atoms. The van der Waals surface area contributed by atoms with Crippen LogP contribution in [0.25, 0.3) is 0 Å². The number of likely N-dealkylation sites (tertiary alicyclic amines) is 1. The maximum atomic E-state index is 5.70. The molecule has 0 aromatic rings. The lowest BCUT2D eigenvalue weighted by molar-refractivity contribution is 0.187. The first kappa shape index (κ1) is 14.8. The van der Waals surface area contributed by atoms with E-state index in [9.17, 15) is 0 Å². The number of rotatable bonds is 5. The molecule has 0 N–H and O–H groups in total. The molecule has 0 radical (unpaired) electrons. The van der Waals surface area contributed by atoms with Gasteiger partial charge in [-0.05, 0) is 44.7 Å². The van der Waals surface area contributed by atoms with Crippen molar-refractivity contribution in [2.45, 2.75) is 25.7 Å². The SMILES string of the molecule is Cl.ClCCCC1CCN(CCCl)CC1. The largest absolute Gasteiger partial charge is 0.302 e. The summed E-state index contributed by atoms with van der Waals surface area (Å²) in [4.78, 5) is 2.46. The summed E-state index contributed by atoms with van der Waals surface area (Å²) in [6, 6.07) is 0. The second-order valence-electron chi connectivity index (χ2n) is 3.81. The van der Waals surface area contributed by atoms with Crippen LogP contribution in [0.4, 0.5) is 0 Å². The van der Waals surface area contributed by atoms with E-state index in [0.29, 0.717) is 0 Å². The topological polar surface area (TPSA) is 3.24 Å². The lowest BCUT2D eigenvalue weighted by atomic mass is 9.92. The Morgan fingerprint density at radius 1 is 1.07 bits per heavy atom. The van der Waals surface area contributed by atoms with Crippen molar-refractivity contribution in [1.82, 2.24) is 4.90 Å². The molecule has 0 saturated carbocycles. The Hall–Kier alpha value is 0.830. The van der Waals surface area contributed by atoms with E-state index in [0.717, 1.165) is 24.2 Å². The lowest BCUT2D eigenvalue weighted by Gasteiger charge is -2.31. The normalized spacial score (nSPS) is 19.3. The van der Waals surface area contributed by atoms with Crippen LogP contribution in [0.3, 0.4) is 0 Å². The molecule has 0 aromatic carbocycles. The molecule has 1 nitrogen and oxygen atoms in total. The first-order valence-electron chi connectivity index (χ1n) is 5.21. The van der Waals surface area contributed by atoms with E-state index in [4.69, 9.17) is 23.2 Å². The second kappa shape index (κ2) is 9.08. The van der Waals surface area contributed by atoms with E-state index in [1.807, 2.05) is 0 Å². The van der Waals surface area contributed by atoms with Crippen molar-refractivity contribution in [3.05, 3.63) is 0 Å². The molecule has 86 valence electrons. The van der Waals surface area contributed by atoms with Crippen LogP contribution >= 0.6 is 35.6 Å². The smallest absolute Gasteiger partial charge is 0.0351 e. The number of halogens is 3. The molecule has 1 fully saturated rings. The van der Waals surface area contributed by atoms with Gasteiger partial charge in [-0.15, -0.1) is 35.6 Å². The third kappa shape index (κ3) is 5.65. The Labute approximate surface area is 104 Å². The van der Waals surface area contributed by atoms with Crippen molar-refractivity contribution in [2.24, 2.45) is 5.92 Å². The number of nitrogens with zero attached hydrogens (tertiary/aromatic N) is 1. The van der Waals surface area contributed by atoms with Crippen molar-refractivity contribution < 1.29 is 0 Å². The van der Waals surface area contributed by atoms with Crippen LogP contribution in [0.5, 0.6) is 0 Å². The van der Waals surface area contributed by atoms with Gasteiger partial charge in [-0.25, -0.2) is 0 Å². The van der Waals surface area contributed by atoms with Crippen LogP contribution in [0.1, 0.15) is 25.7 Å². The van der Waals surface area contributed by atoms with Crippen LogP contribution in [0.2, 0.25) is 0 Å². The van der Waals surface area contributed by atoms with Gasteiger partial charge in [0, 0.05) is 18.3 Å². The second-order valence-corrected chi connectivity index (χ2v) is 4.56. The summed E-state index contributed by atoms with van der Waals surface area (Å²) in [5, 5.41) is 0. The van der Waals surface area contributed by atoms with E-state index in [1.54, 1.807) is 0 Å². The Morgan fingerprint density at radius 3 is 2.21 bits per heavy atom. The first-order chi connectivity index (χ1) is 6.36. The van der Waals surface area contributed by atoms with E-state index in [2.05, 4.69) is 4.90 Å². The van der Waals surface area contributed by atoms with E-state index in [1.165, 1.54) is 38.8 Å². The maximum absolute atomic E-state index is 5.70. The van der Waals surface area contributed by atoms with E-state index >= 15 is 0 Å². The minimum Gasteiger partial charge on any atom is -0.302 e. The zero-order valence-electron chi connectivity index (χ0n) is 8.55. The summed E-state index contributed by atoms with van der Waals surface area (Å²) in [5.41, 5.74) is 0. The molecule has 0 aromatic heterocycles. The van der Waals surface area contributed by atoms with Crippen LogP contribution in [0.15, 0.2) is 0 Å². The van der Waals surface area contributed by atoms with Crippen molar-refractivity contribution in [3.63, 3.8) is 0 Å². The summed E-state index contributed by atoms with van der Waals surface area (Å²) in [6.07, 6.45) is 5.18. The Bertz CT molecular complexity index is 125. The fraction of sp³-hybridized carbons (Fsp3) is 1.00. The van der Waals surface area contributed by atoms with Gasteiger partial charge in [0.2, 0.25) is 0 Å². The van der Waals surface area contributed by atoms with Crippen LogP contribution in [-0.2, 0) is 0 Å². The third-order valence-electron chi connectivity index (χ3n) is 2.85. The van der Waals surface area contributed by atoms with Crippen LogP contribution < -0.4 is 0 Å². The van der Waals surface area contributed by atoms with Crippen molar-refractivity contribution in [2.75, 3.05) is 31.4 Å². The molecule has 0 spiro atoms. The van der Waals surface area contributed by atoms with Crippen LogP contribution in [0, 0.1) is 5.92 Å². The van der Waals surface area contributed by atoms with Crippen LogP contribution in [-0.4, -0.2) is 36.3 Å². The zero-order valence-corrected chi connectivity index (χ0v) is 10.9. The van der Waals surface area contributed by atoms with Gasteiger partial charge >= 0.3 is 0 Å². The molecule has 1 heterocycles. The molecule has 14 heavy (non-hydrogen) atoms. The molecule has 1 aliphatic heterocycles. The van der Waals surface area contributed by atoms with Gasteiger partial charge in [-0.2, -0.15) is 0 Å². The van der Waals surface area contributed by atoms with Crippen molar-refractivity contribution in [3.8, 4) is 0 Å². The molecular weight excluding hydrogens is 240 g/mol. The average molecular weight is 261 g/mol. The Kier molecular flexibility index (Phi) is 9.62. The third-order valence-corrected chi connectivity index (χ3v) is 3.29. The maximum Gasteiger partial charge on any atom is 0.0351 e. The van der Waals surface area contributed by atoms with E-state index < -0.39 is 0 Å². The van der Waals surface area contributed by atoms with Gasteiger partial charge in [0.1, 0.15) is 0 Å². The predicted octanol–water partition coefficient (Wildman–Crippen LogP) is 3.38. The predicted molar refractivity (Wildman–Crippen MR) is 67.1 cm³/mol. The molecule has 1 aliphatic rings. The van der Waals surface area contributed by atoms with Crippen molar-refractivity contribution in [1.29, 1.82) is 0 Å². The quantitative estimate of drug-likeness (QED) is 0.685. The highest BCUT2D eigenvalue weighted by atomic mass is 35.5. The highest BCUT2D eigenvalue weighted by Gasteiger charge is 2.17. The van der Waals surface area contributed by atoms with Gasteiger partial charge in [-0.3, -0.25) is 0 Å². The molecule has 0 unspecified atom stereocenters. The molecule has 1 saturated heterocycles. The number of piperidine rings is 1. The van der Waals surface area contributed by atoms with Gasteiger partial charge in [0.25, 0.3) is 0 Å². The molecule has 1 rings (SSSR count). The summed E-state index contributed by atoms with van der Waals surface area (Å²) < 4.78 is 0. The summed E-state index contributed by atoms with van der Waals surface area (Å²) in [7, 11) is 0. The highest BCUT2D eigenvalue weighted by Crippen LogP contribution is 2.21. The van der Waals surface area contributed by atoms with Crippen molar-refractivity contribution >= 4 is 35.6 Å². The molecule has 0 atom stereocenters. The Morgan fingerprint density at radius 2 is 1.71 bits per heavy atom. The van der Waals surface area contributed by atoms with Gasteiger partial charge in [0.15, 0.2) is 0 Å². The first-order valence-corrected chi connectivity index (χ1v) is 6.28. The fourth-order valence-corrected chi connectivity index (χ4v) is 2.38. The number of hydrogen-bond donors (Lipinski definition) is 0. The molecular formula is C10H20Cl3N. The molecule has 4 heteroatoms.